The normalized spacial score (nSPS) is 37.5. The lowest BCUT2D eigenvalue weighted by Crippen LogP contribution is -2.74. The summed E-state index contributed by atoms with van der Waals surface area (Å²) in [4.78, 5) is 49.6. The van der Waals surface area contributed by atoms with Crippen LogP contribution in [0, 0.1) is 5.92 Å². The molecule has 3 amide bonds. The van der Waals surface area contributed by atoms with Gasteiger partial charge in [-0.05, 0) is 49.6 Å². The Hall–Kier alpha value is -3.81. The van der Waals surface area contributed by atoms with Crippen LogP contribution in [0.15, 0.2) is 54.7 Å². The van der Waals surface area contributed by atoms with Gasteiger partial charge in [-0.3, -0.25) is 24.0 Å². The van der Waals surface area contributed by atoms with Crippen molar-refractivity contribution >= 4 is 28.6 Å². The minimum Gasteiger partial charge on any atom is -0.390 e. The van der Waals surface area contributed by atoms with Gasteiger partial charge in [-0.2, -0.15) is 0 Å². The van der Waals surface area contributed by atoms with Crippen LogP contribution in [0.1, 0.15) is 42.4 Å². The van der Waals surface area contributed by atoms with Gasteiger partial charge in [-0.1, -0.05) is 42.5 Å². The Morgan fingerprint density at radius 1 is 1.11 bits per heavy atom. The number of likely N-dealkylation sites (tertiary alicyclic amines) is 1. The average molecular weight is 616 g/mol. The molecule has 0 saturated carbocycles. The Bertz CT molecular complexity index is 1710. The lowest BCUT2D eigenvalue weighted by molar-refractivity contribution is -0.327. The number of nitrogens with one attached hydrogen (secondary N) is 2. The number of rotatable bonds is 4. The molecule has 12 heteroatoms. The number of fused-ring (bicyclic) bond motifs is 5. The number of carbonyl (C=O) groups is 3. The number of aromatic nitrogens is 1. The zero-order chi connectivity index (χ0) is 31.4. The molecule has 4 saturated heterocycles. The maximum Gasteiger partial charge on any atom is 0.280 e. The van der Waals surface area contributed by atoms with Crippen molar-refractivity contribution in [1.82, 2.24) is 25.0 Å². The van der Waals surface area contributed by atoms with Crippen molar-refractivity contribution in [2.24, 2.45) is 5.92 Å². The molecule has 1 aromatic heterocycles. The highest BCUT2D eigenvalue weighted by molar-refractivity contribution is 5.97. The maximum absolute atomic E-state index is 14.2. The molecule has 5 aliphatic rings. The zero-order valence-electron chi connectivity index (χ0n) is 25.1. The van der Waals surface area contributed by atoms with E-state index in [1.165, 1.54) is 23.4 Å². The van der Waals surface area contributed by atoms with Crippen molar-refractivity contribution in [2.45, 2.75) is 80.6 Å². The van der Waals surface area contributed by atoms with E-state index in [-0.39, 0.29) is 24.8 Å². The molecule has 0 bridgehead atoms. The van der Waals surface area contributed by atoms with Gasteiger partial charge in [0.05, 0.1) is 12.0 Å². The van der Waals surface area contributed by atoms with Crippen LogP contribution in [0.5, 0.6) is 0 Å². The van der Waals surface area contributed by atoms with Gasteiger partial charge in [-0.25, -0.2) is 0 Å². The van der Waals surface area contributed by atoms with Gasteiger partial charge in [0.15, 0.2) is 0 Å². The molecule has 1 aliphatic carbocycles. The Morgan fingerprint density at radius 2 is 1.89 bits per heavy atom. The van der Waals surface area contributed by atoms with E-state index in [4.69, 9.17) is 4.74 Å². The quantitative estimate of drug-likeness (QED) is 0.282. The lowest BCUT2D eigenvalue weighted by atomic mass is 9.72. The van der Waals surface area contributed by atoms with Crippen molar-refractivity contribution in [3.63, 3.8) is 0 Å². The van der Waals surface area contributed by atoms with E-state index >= 15 is 0 Å². The topological polar surface area (TPSA) is 159 Å². The van der Waals surface area contributed by atoms with Crippen molar-refractivity contribution in [3.8, 4) is 0 Å². The average Bonchev–Trinajstić information content (AvgIpc) is 3.62. The number of nitrogens with zero attached hydrogens (tertiary/aromatic N) is 3. The molecule has 45 heavy (non-hydrogen) atoms. The minimum atomic E-state index is -2.48. The number of piperidine rings is 1. The summed E-state index contributed by atoms with van der Waals surface area (Å²) in [5, 5.41) is 37.7. The molecule has 3 unspecified atom stereocenters. The lowest BCUT2D eigenvalue weighted by Gasteiger charge is -2.49. The van der Waals surface area contributed by atoms with Crippen molar-refractivity contribution in [1.29, 1.82) is 0 Å². The predicted octanol–water partition coefficient (Wildman–Crippen LogP) is 0.370. The first-order valence-corrected chi connectivity index (χ1v) is 15.6. The molecule has 0 radical (unpaired) electrons. The van der Waals surface area contributed by atoms with E-state index in [1.54, 1.807) is 24.3 Å². The van der Waals surface area contributed by atoms with Crippen molar-refractivity contribution in [3.05, 3.63) is 71.4 Å². The largest absolute Gasteiger partial charge is 0.390 e. The third-order valence-electron chi connectivity index (χ3n) is 10.7. The molecule has 3 aromatic rings. The third-order valence-corrected chi connectivity index (χ3v) is 10.7. The van der Waals surface area contributed by atoms with Gasteiger partial charge in [0.2, 0.25) is 17.5 Å². The summed E-state index contributed by atoms with van der Waals surface area (Å²) in [6.07, 6.45) is 0.603. The third kappa shape index (κ3) is 4.06. The standard InChI is InChI=1S/C33H37N5O7/c1-32(35-29(41)19-12-21-20-9-6-10-22-27(20)18(15-34-22)13-23(21)36(2)16-19)31(43)38-24(11-17-7-4-3-5-8-17)30(42)37-26(40)14-25(39)28(37)33(38,44)45-32/h3-10,15,19,21,23-26,28,34,39-40,44H,11-14,16H2,1-2H3,(H,35,41)/t19-,21?,23-,24+,25?,26?,28+,32-,33+/m1/s1. The Kier molecular flexibility index (Phi) is 6.27. The molecule has 236 valence electrons. The number of piperazine rings is 1. The first-order chi connectivity index (χ1) is 21.5. The summed E-state index contributed by atoms with van der Waals surface area (Å²) < 4.78 is 6.10. The summed E-state index contributed by atoms with van der Waals surface area (Å²) in [5.74, 6) is -4.66. The van der Waals surface area contributed by atoms with Crippen LogP contribution >= 0.6 is 0 Å². The van der Waals surface area contributed by atoms with Crippen LogP contribution in [-0.2, 0) is 32.0 Å². The highest BCUT2D eigenvalue weighted by Gasteiger charge is 2.73. The molecule has 2 aromatic carbocycles. The van der Waals surface area contributed by atoms with Crippen molar-refractivity contribution in [2.75, 3.05) is 13.6 Å². The summed E-state index contributed by atoms with van der Waals surface area (Å²) >= 11 is 0. The Labute approximate surface area is 259 Å². The van der Waals surface area contributed by atoms with E-state index in [9.17, 15) is 29.7 Å². The van der Waals surface area contributed by atoms with E-state index in [2.05, 4.69) is 33.5 Å². The number of amides is 3. The summed E-state index contributed by atoms with van der Waals surface area (Å²) in [5.41, 5.74) is 2.24. The number of hydrogen-bond acceptors (Lipinski definition) is 8. The summed E-state index contributed by atoms with van der Waals surface area (Å²) in [7, 11) is 2.01. The van der Waals surface area contributed by atoms with E-state index in [0.29, 0.717) is 13.0 Å². The number of hydrogen-bond donors (Lipinski definition) is 5. The molecule has 9 atom stereocenters. The van der Waals surface area contributed by atoms with Gasteiger partial charge in [0, 0.05) is 48.4 Å². The monoisotopic (exact) mass is 615 g/mol. The number of aliphatic hydroxyl groups excluding tert-OH is 2. The van der Waals surface area contributed by atoms with Crippen LogP contribution in [-0.4, -0.2) is 108 Å². The minimum absolute atomic E-state index is 0.0380. The van der Waals surface area contributed by atoms with Gasteiger partial charge in [0.1, 0.15) is 18.3 Å². The van der Waals surface area contributed by atoms with Gasteiger partial charge in [-0.15, -0.1) is 0 Å². The number of carbonyl (C=O) groups excluding carboxylic acids is 3. The van der Waals surface area contributed by atoms with E-state index in [0.717, 1.165) is 27.3 Å². The molecular weight excluding hydrogens is 578 g/mol. The second-order valence-electron chi connectivity index (χ2n) is 13.5. The predicted molar refractivity (Wildman–Crippen MR) is 160 cm³/mol. The molecule has 4 aliphatic heterocycles. The second-order valence-corrected chi connectivity index (χ2v) is 13.5. The molecule has 5 heterocycles. The highest BCUT2D eigenvalue weighted by Crippen LogP contribution is 2.48. The smallest absolute Gasteiger partial charge is 0.280 e. The Morgan fingerprint density at radius 3 is 2.67 bits per heavy atom. The fraction of sp³-hybridized carbons (Fsp3) is 0.485. The number of likely N-dealkylation sites (N-methyl/N-ethyl adjacent to an activating group) is 1. The van der Waals surface area contributed by atoms with Crippen LogP contribution < -0.4 is 5.32 Å². The number of ether oxygens (including phenoxy) is 1. The van der Waals surface area contributed by atoms with Crippen LogP contribution in [0.2, 0.25) is 0 Å². The number of aliphatic hydroxyl groups is 3. The number of aromatic amines is 1. The molecule has 0 spiro atoms. The number of benzene rings is 2. The first-order valence-electron chi connectivity index (χ1n) is 15.6. The Balaban J connectivity index is 1.10. The van der Waals surface area contributed by atoms with Gasteiger partial charge < -0.3 is 35.4 Å². The molecule has 12 nitrogen and oxygen atoms in total. The van der Waals surface area contributed by atoms with Crippen LogP contribution in [0.3, 0.4) is 0 Å². The van der Waals surface area contributed by atoms with Crippen molar-refractivity contribution < 1.29 is 34.4 Å². The SMILES string of the molecule is CN1C[C@H](C(=O)N[C@]2(C)O[C@@]3(O)[C@@H]4C(O)CC(O)N4C(=O)[C@H](Cc4ccccc4)N3C2=O)CC2c3cccc4[nH]cc(c34)C[C@H]21. The fourth-order valence-corrected chi connectivity index (χ4v) is 8.73. The first kappa shape index (κ1) is 28.6. The summed E-state index contributed by atoms with van der Waals surface area (Å²) in [6, 6.07) is 12.8. The molecule has 8 rings (SSSR count). The molecular formula is C33H37N5O7. The van der Waals surface area contributed by atoms with E-state index in [1.807, 2.05) is 19.2 Å². The highest BCUT2D eigenvalue weighted by atomic mass is 16.7. The maximum atomic E-state index is 14.2. The van der Waals surface area contributed by atoms with Crippen LogP contribution in [0.4, 0.5) is 0 Å². The van der Waals surface area contributed by atoms with Gasteiger partial charge >= 0.3 is 0 Å². The van der Waals surface area contributed by atoms with Gasteiger partial charge in [0.25, 0.3) is 11.8 Å². The molecule has 4 fully saturated rings. The number of H-pyrrole nitrogens is 1. The summed E-state index contributed by atoms with van der Waals surface area (Å²) in [6.45, 7) is 1.84. The second kappa shape index (κ2) is 9.84. The zero-order valence-corrected chi connectivity index (χ0v) is 25.1. The van der Waals surface area contributed by atoms with Crippen LogP contribution in [0.25, 0.3) is 10.9 Å². The van der Waals surface area contributed by atoms with E-state index < -0.39 is 59.7 Å². The molecule has 5 N–H and O–H groups in total. The fourth-order valence-electron chi connectivity index (χ4n) is 8.73.